The highest BCUT2D eigenvalue weighted by Crippen LogP contribution is 2.35. The van der Waals surface area contributed by atoms with Crippen LogP contribution in [0, 0.1) is 0 Å². The molecule has 0 aliphatic carbocycles. The van der Waals surface area contributed by atoms with Crippen LogP contribution in [0.3, 0.4) is 0 Å². The lowest BCUT2D eigenvalue weighted by Gasteiger charge is -2.13. The monoisotopic (exact) mass is 348 g/mol. The van der Waals surface area contributed by atoms with Gasteiger partial charge in [0.1, 0.15) is 0 Å². The first-order valence-corrected chi connectivity index (χ1v) is 8.76. The van der Waals surface area contributed by atoms with Crippen molar-refractivity contribution in [3.63, 3.8) is 0 Å². The maximum Gasteiger partial charge on any atom is 0.175 e. The zero-order valence-electron chi connectivity index (χ0n) is 10.5. The molecule has 0 saturated heterocycles. The van der Waals surface area contributed by atoms with Gasteiger partial charge in [-0.2, -0.15) is 0 Å². The first-order valence-electron chi connectivity index (χ1n) is 5.68. The molecule has 0 heterocycles. The van der Waals surface area contributed by atoms with Crippen molar-refractivity contribution in [1.29, 1.82) is 0 Å². The summed E-state index contributed by atoms with van der Waals surface area (Å²) < 4.78 is 23.1. The summed E-state index contributed by atoms with van der Waals surface area (Å²) in [5, 5.41) is 0.441. The largest absolute Gasteiger partial charge is 0.224 e. The van der Waals surface area contributed by atoms with Crippen molar-refractivity contribution in [1.82, 2.24) is 0 Å². The SMILES string of the molecule is CS(=O)(=O)c1cccc(C(Cl)c2cc(Cl)ccc2Cl)c1. The second-order valence-corrected chi connectivity index (χ2v) is 7.67. The number of rotatable bonds is 3. The van der Waals surface area contributed by atoms with Crippen LogP contribution < -0.4 is 0 Å². The second kappa shape index (κ2) is 5.94. The standard InChI is InChI=1S/C14H11Cl3O2S/c1-20(18,19)11-4-2-3-9(7-11)14(17)12-8-10(15)5-6-13(12)16/h2-8,14H,1H3. The Kier molecular flexibility index (Phi) is 4.65. The van der Waals surface area contributed by atoms with E-state index in [0.29, 0.717) is 21.2 Å². The van der Waals surface area contributed by atoms with Crippen molar-refractivity contribution < 1.29 is 8.42 Å². The van der Waals surface area contributed by atoms with E-state index < -0.39 is 15.2 Å². The van der Waals surface area contributed by atoms with Crippen LogP contribution in [0.25, 0.3) is 0 Å². The Morgan fingerprint density at radius 3 is 2.40 bits per heavy atom. The van der Waals surface area contributed by atoms with Gasteiger partial charge in [0, 0.05) is 16.3 Å². The van der Waals surface area contributed by atoms with Gasteiger partial charge in [-0.1, -0.05) is 35.3 Å². The summed E-state index contributed by atoms with van der Waals surface area (Å²) in [6.45, 7) is 0. The molecule has 0 radical (unpaired) electrons. The molecular weight excluding hydrogens is 339 g/mol. The average Bonchev–Trinajstić information content (AvgIpc) is 2.40. The van der Waals surface area contributed by atoms with Gasteiger partial charge in [0.05, 0.1) is 10.3 Å². The maximum atomic E-state index is 11.6. The second-order valence-electron chi connectivity index (χ2n) is 4.37. The van der Waals surface area contributed by atoms with Crippen molar-refractivity contribution in [3.8, 4) is 0 Å². The molecule has 0 N–H and O–H groups in total. The lowest BCUT2D eigenvalue weighted by Crippen LogP contribution is -2.00. The molecule has 2 nitrogen and oxygen atoms in total. The predicted molar refractivity (Wildman–Crippen MR) is 83.7 cm³/mol. The average molecular weight is 350 g/mol. The van der Waals surface area contributed by atoms with Crippen LogP contribution in [0.5, 0.6) is 0 Å². The minimum atomic E-state index is -3.28. The van der Waals surface area contributed by atoms with Gasteiger partial charge in [-0.05, 0) is 41.5 Å². The first-order chi connectivity index (χ1) is 9.29. The number of benzene rings is 2. The first kappa shape index (κ1) is 15.6. The zero-order valence-corrected chi connectivity index (χ0v) is 13.6. The Labute approximate surface area is 133 Å². The molecule has 0 aliphatic rings. The Bertz CT molecular complexity index is 742. The Morgan fingerprint density at radius 1 is 1.05 bits per heavy atom. The fraction of sp³-hybridized carbons (Fsp3) is 0.143. The number of hydrogen-bond donors (Lipinski definition) is 0. The lowest BCUT2D eigenvalue weighted by molar-refractivity contribution is 0.601. The Balaban J connectivity index is 2.48. The van der Waals surface area contributed by atoms with Crippen LogP contribution in [0.2, 0.25) is 10.0 Å². The van der Waals surface area contributed by atoms with E-state index >= 15 is 0 Å². The molecule has 6 heteroatoms. The van der Waals surface area contributed by atoms with Crippen LogP contribution in [0.15, 0.2) is 47.4 Å². The van der Waals surface area contributed by atoms with Gasteiger partial charge in [0.2, 0.25) is 0 Å². The molecule has 20 heavy (non-hydrogen) atoms. The van der Waals surface area contributed by atoms with E-state index in [2.05, 4.69) is 0 Å². The molecule has 2 aromatic rings. The molecule has 0 saturated carbocycles. The van der Waals surface area contributed by atoms with Crippen LogP contribution >= 0.6 is 34.8 Å². The van der Waals surface area contributed by atoms with Crippen molar-refractivity contribution in [2.24, 2.45) is 0 Å². The van der Waals surface area contributed by atoms with E-state index in [1.54, 1.807) is 36.4 Å². The summed E-state index contributed by atoms with van der Waals surface area (Å²) in [6.07, 6.45) is 1.15. The van der Waals surface area contributed by atoms with E-state index in [1.807, 2.05) is 0 Å². The normalized spacial score (nSPS) is 13.2. The van der Waals surface area contributed by atoms with Gasteiger partial charge >= 0.3 is 0 Å². The molecule has 0 bridgehead atoms. The molecule has 106 valence electrons. The molecule has 0 fully saturated rings. The molecule has 0 aromatic heterocycles. The minimum Gasteiger partial charge on any atom is -0.224 e. The van der Waals surface area contributed by atoms with E-state index in [1.165, 1.54) is 6.07 Å². The van der Waals surface area contributed by atoms with Gasteiger partial charge in [0.25, 0.3) is 0 Å². The van der Waals surface area contributed by atoms with E-state index in [-0.39, 0.29) is 4.90 Å². The van der Waals surface area contributed by atoms with Gasteiger partial charge in [-0.25, -0.2) is 8.42 Å². The molecule has 0 amide bonds. The summed E-state index contributed by atoms with van der Waals surface area (Å²) in [4.78, 5) is 0.221. The molecule has 2 rings (SSSR count). The zero-order chi connectivity index (χ0) is 14.9. The van der Waals surface area contributed by atoms with Crippen LogP contribution in [-0.4, -0.2) is 14.7 Å². The topological polar surface area (TPSA) is 34.1 Å². The van der Waals surface area contributed by atoms with Crippen LogP contribution in [-0.2, 0) is 9.84 Å². The third-order valence-corrected chi connectivity index (χ3v) is 4.99. The number of halogens is 3. The maximum absolute atomic E-state index is 11.6. The summed E-state index contributed by atoms with van der Waals surface area (Å²) >= 11 is 18.4. The summed E-state index contributed by atoms with van der Waals surface area (Å²) in [7, 11) is -3.28. The van der Waals surface area contributed by atoms with Crippen LogP contribution in [0.4, 0.5) is 0 Å². The van der Waals surface area contributed by atoms with Crippen molar-refractivity contribution in [2.45, 2.75) is 10.3 Å². The van der Waals surface area contributed by atoms with E-state index in [4.69, 9.17) is 34.8 Å². The number of sulfone groups is 1. The van der Waals surface area contributed by atoms with Crippen LogP contribution in [0.1, 0.15) is 16.5 Å². The lowest BCUT2D eigenvalue weighted by atomic mass is 10.0. The minimum absolute atomic E-state index is 0.221. The quantitative estimate of drug-likeness (QED) is 0.751. The summed E-state index contributed by atoms with van der Waals surface area (Å²) in [6, 6.07) is 11.5. The Morgan fingerprint density at radius 2 is 1.75 bits per heavy atom. The molecule has 2 aromatic carbocycles. The third-order valence-electron chi connectivity index (χ3n) is 2.81. The smallest absolute Gasteiger partial charge is 0.175 e. The van der Waals surface area contributed by atoms with Crippen molar-refractivity contribution >= 4 is 44.6 Å². The Hall–Kier alpha value is -0.740. The molecule has 0 aliphatic heterocycles. The molecule has 1 unspecified atom stereocenters. The predicted octanol–water partition coefficient (Wildman–Crippen LogP) is 4.73. The summed E-state index contributed by atoms with van der Waals surface area (Å²) in [5.41, 5.74) is 1.30. The van der Waals surface area contributed by atoms with E-state index in [9.17, 15) is 8.42 Å². The van der Waals surface area contributed by atoms with Gasteiger partial charge in [-0.15, -0.1) is 11.6 Å². The highest BCUT2D eigenvalue weighted by Gasteiger charge is 2.17. The fourth-order valence-electron chi connectivity index (χ4n) is 1.79. The molecule has 0 spiro atoms. The third kappa shape index (κ3) is 3.47. The van der Waals surface area contributed by atoms with Gasteiger partial charge < -0.3 is 0 Å². The number of hydrogen-bond acceptors (Lipinski definition) is 2. The highest BCUT2D eigenvalue weighted by molar-refractivity contribution is 7.90. The number of alkyl halides is 1. The molecule has 1 atom stereocenters. The van der Waals surface area contributed by atoms with Gasteiger partial charge in [0.15, 0.2) is 9.84 Å². The van der Waals surface area contributed by atoms with E-state index in [0.717, 1.165) is 6.26 Å². The van der Waals surface area contributed by atoms with Crippen molar-refractivity contribution in [3.05, 3.63) is 63.6 Å². The summed E-state index contributed by atoms with van der Waals surface area (Å²) in [5.74, 6) is 0. The van der Waals surface area contributed by atoms with Crippen molar-refractivity contribution in [2.75, 3.05) is 6.26 Å². The van der Waals surface area contributed by atoms with Gasteiger partial charge in [-0.3, -0.25) is 0 Å². The molecular formula is C14H11Cl3O2S. The highest BCUT2D eigenvalue weighted by atomic mass is 35.5. The fourth-order valence-corrected chi connectivity index (χ4v) is 3.25.